The van der Waals surface area contributed by atoms with Gasteiger partial charge in [-0.2, -0.15) is 0 Å². The van der Waals surface area contributed by atoms with E-state index in [1.165, 1.54) is 0 Å². The van der Waals surface area contributed by atoms with Gasteiger partial charge in [0, 0.05) is 29.5 Å². The second-order valence-electron chi connectivity index (χ2n) is 4.06. The summed E-state index contributed by atoms with van der Waals surface area (Å²) in [5.41, 5.74) is 9.14. The third kappa shape index (κ3) is 2.66. The highest BCUT2D eigenvalue weighted by molar-refractivity contribution is 6.30. The van der Waals surface area contributed by atoms with Crippen LogP contribution in [0, 0.1) is 0 Å². The summed E-state index contributed by atoms with van der Waals surface area (Å²) < 4.78 is 0. The molecule has 94 valence electrons. The van der Waals surface area contributed by atoms with E-state index in [1.54, 1.807) is 0 Å². The minimum atomic E-state index is 0.510. The van der Waals surface area contributed by atoms with E-state index in [0.29, 0.717) is 6.54 Å². The van der Waals surface area contributed by atoms with Crippen LogP contribution in [0.2, 0.25) is 5.02 Å². The SMILES string of the molecule is CCN(c1ccccc1)c1cc(Cl)ccc1CN. The molecular weight excluding hydrogens is 244 g/mol. The number of anilines is 2. The average Bonchev–Trinajstić information content (AvgIpc) is 2.41. The van der Waals surface area contributed by atoms with Crippen LogP contribution < -0.4 is 10.6 Å². The molecule has 0 unspecified atom stereocenters. The first-order valence-corrected chi connectivity index (χ1v) is 6.45. The van der Waals surface area contributed by atoms with Crippen LogP contribution in [0.5, 0.6) is 0 Å². The fourth-order valence-corrected chi connectivity index (χ4v) is 2.23. The first-order valence-electron chi connectivity index (χ1n) is 6.07. The van der Waals surface area contributed by atoms with Gasteiger partial charge >= 0.3 is 0 Å². The van der Waals surface area contributed by atoms with Crippen molar-refractivity contribution in [3.05, 3.63) is 59.1 Å². The lowest BCUT2D eigenvalue weighted by molar-refractivity contribution is 0.984. The topological polar surface area (TPSA) is 29.3 Å². The molecule has 2 rings (SSSR count). The highest BCUT2D eigenvalue weighted by atomic mass is 35.5. The summed E-state index contributed by atoms with van der Waals surface area (Å²) in [5.74, 6) is 0. The van der Waals surface area contributed by atoms with E-state index in [0.717, 1.165) is 28.5 Å². The molecule has 0 radical (unpaired) electrons. The number of para-hydroxylation sites is 1. The van der Waals surface area contributed by atoms with Crippen molar-refractivity contribution in [1.29, 1.82) is 0 Å². The molecule has 0 aliphatic heterocycles. The highest BCUT2D eigenvalue weighted by Crippen LogP contribution is 2.30. The molecule has 0 bridgehead atoms. The van der Waals surface area contributed by atoms with Crippen molar-refractivity contribution in [2.24, 2.45) is 5.73 Å². The van der Waals surface area contributed by atoms with Gasteiger partial charge in [0.1, 0.15) is 0 Å². The molecule has 2 nitrogen and oxygen atoms in total. The average molecular weight is 261 g/mol. The fourth-order valence-electron chi connectivity index (χ4n) is 2.06. The standard InChI is InChI=1S/C15H17ClN2/c1-2-18(14-6-4-3-5-7-14)15-10-13(16)9-8-12(15)11-17/h3-10H,2,11,17H2,1H3. The molecule has 0 saturated heterocycles. The van der Waals surface area contributed by atoms with Gasteiger partial charge in [-0.3, -0.25) is 0 Å². The van der Waals surface area contributed by atoms with E-state index in [1.807, 2.05) is 36.4 Å². The Kier molecular flexibility index (Phi) is 4.24. The Labute approximate surface area is 113 Å². The van der Waals surface area contributed by atoms with Gasteiger partial charge in [-0.05, 0) is 36.8 Å². The van der Waals surface area contributed by atoms with Crippen LogP contribution in [0.1, 0.15) is 12.5 Å². The smallest absolute Gasteiger partial charge is 0.0471 e. The molecule has 0 heterocycles. The number of hydrogen-bond acceptors (Lipinski definition) is 2. The number of rotatable bonds is 4. The Hall–Kier alpha value is -1.51. The number of benzene rings is 2. The minimum absolute atomic E-state index is 0.510. The van der Waals surface area contributed by atoms with E-state index in [4.69, 9.17) is 17.3 Å². The van der Waals surface area contributed by atoms with Crippen molar-refractivity contribution >= 4 is 23.0 Å². The number of hydrogen-bond donors (Lipinski definition) is 1. The van der Waals surface area contributed by atoms with Gasteiger partial charge in [0.25, 0.3) is 0 Å². The summed E-state index contributed by atoms with van der Waals surface area (Å²) in [5, 5.41) is 0.733. The largest absolute Gasteiger partial charge is 0.341 e. The zero-order valence-electron chi connectivity index (χ0n) is 10.4. The Balaban J connectivity index is 2.48. The summed E-state index contributed by atoms with van der Waals surface area (Å²) in [6, 6.07) is 16.1. The number of halogens is 1. The lowest BCUT2D eigenvalue weighted by Gasteiger charge is -2.25. The Morgan fingerprint density at radius 1 is 1.11 bits per heavy atom. The quantitative estimate of drug-likeness (QED) is 0.902. The van der Waals surface area contributed by atoms with Gasteiger partial charge < -0.3 is 10.6 Å². The van der Waals surface area contributed by atoms with E-state index in [2.05, 4.69) is 24.0 Å². The van der Waals surface area contributed by atoms with Crippen molar-refractivity contribution < 1.29 is 0 Å². The minimum Gasteiger partial charge on any atom is -0.341 e. The van der Waals surface area contributed by atoms with Crippen molar-refractivity contribution in [1.82, 2.24) is 0 Å². The maximum Gasteiger partial charge on any atom is 0.0471 e. The van der Waals surface area contributed by atoms with Gasteiger partial charge in [0.15, 0.2) is 0 Å². The Morgan fingerprint density at radius 2 is 1.83 bits per heavy atom. The van der Waals surface area contributed by atoms with Crippen LogP contribution in [-0.2, 0) is 6.54 Å². The lowest BCUT2D eigenvalue weighted by atomic mass is 10.1. The van der Waals surface area contributed by atoms with Gasteiger partial charge in [-0.25, -0.2) is 0 Å². The molecule has 2 aromatic rings. The first kappa shape index (κ1) is 12.9. The van der Waals surface area contributed by atoms with Crippen molar-refractivity contribution in [2.45, 2.75) is 13.5 Å². The van der Waals surface area contributed by atoms with Crippen LogP contribution in [0.25, 0.3) is 0 Å². The molecule has 3 heteroatoms. The van der Waals surface area contributed by atoms with Gasteiger partial charge in [-0.15, -0.1) is 0 Å². The van der Waals surface area contributed by atoms with E-state index in [9.17, 15) is 0 Å². The van der Waals surface area contributed by atoms with Crippen molar-refractivity contribution in [3.8, 4) is 0 Å². The van der Waals surface area contributed by atoms with E-state index in [-0.39, 0.29) is 0 Å². The monoisotopic (exact) mass is 260 g/mol. The molecule has 0 amide bonds. The van der Waals surface area contributed by atoms with Gasteiger partial charge in [0.05, 0.1) is 0 Å². The molecule has 0 atom stereocenters. The van der Waals surface area contributed by atoms with Crippen molar-refractivity contribution in [3.63, 3.8) is 0 Å². The second-order valence-corrected chi connectivity index (χ2v) is 4.49. The molecule has 2 N–H and O–H groups in total. The molecular formula is C15H17ClN2. The summed E-state index contributed by atoms with van der Waals surface area (Å²) in [6.07, 6.45) is 0. The normalized spacial score (nSPS) is 10.4. The third-order valence-electron chi connectivity index (χ3n) is 2.94. The summed E-state index contributed by atoms with van der Waals surface area (Å²) in [7, 11) is 0. The Morgan fingerprint density at radius 3 is 2.44 bits per heavy atom. The fraction of sp³-hybridized carbons (Fsp3) is 0.200. The molecule has 0 fully saturated rings. The molecule has 0 spiro atoms. The van der Waals surface area contributed by atoms with Crippen LogP contribution in [0.3, 0.4) is 0 Å². The van der Waals surface area contributed by atoms with Crippen LogP contribution in [-0.4, -0.2) is 6.54 Å². The summed E-state index contributed by atoms with van der Waals surface area (Å²) in [6.45, 7) is 3.50. The second kappa shape index (κ2) is 5.89. The van der Waals surface area contributed by atoms with Crippen molar-refractivity contribution in [2.75, 3.05) is 11.4 Å². The van der Waals surface area contributed by atoms with E-state index < -0.39 is 0 Å². The predicted octanol–water partition coefficient (Wildman–Crippen LogP) is 3.96. The maximum atomic E-state index is 6.09. The van der Waals surface area contributed by atoms with E-state index >= 15 is 0 Å². The first-order chi connectivity index (χ1) is 8.76. The molecule has 18 heavy (non-hydrogen) atoms. The van der Waals surface area contributed by atoms with Crippen LogP contribution in [0.4, 0.5) is 11.4 Å². The highest BCUT2D eigenvalue weighted by Gasteiger charge is 2.11. The number of nitrogens with two attached hydrogens (primary N) is 1. The predicted molar refractivity (Wildman–Crippen MR) is 78.5 cm³/mol. The molecule has 2 aromatic carbocycles. The van der Waals surface area contributed by atoms with Crippen LogP contribution in [0.15, 0.2) is 48.5 Å². The number of nitrogens with zero attached hydrogens (tertiary/aromatic N) is 1. The molecule has 0 aliphatic rings. The zero-order valence-corrected chi connectivity index (χ0v) is 11.2. The Bertz CT molecular complexity index is 511. The zero-order chi connectivity index (χ0) is 13.0. The van der Waals surface area contributed by atoms with Gasteiger partial charge in [0.2, 0.25) is 0 Å². The van der Waals surface area contributed by atoms with Gasteiger partial charge in [-0.1, -0.05) is 35.9 Å². The molecule has 0 saturated carbocycles. The van der Waals surface area contributed by atoms with Crippen LogP contribution >= 0.6 is 11.6 Å². The molecule has 0 aliphatic carbocycles. The third-order valence-corrected chi connectivity index (χ3v) is 3.18. The maximum absolute atomic E-state index is 6.09. The summed E-state index contributed by atoms with van der Waals surface area (Å²) >= 11 is 6.09. The lowest BCUT2D eigenvalue weighted by Crippen LogP contribution is -2.18. The molecule has 0 aromatic heterocycles. The summed E-state index contributed by atoms with van der Waals surface area (Å²) in [4.78, 5) is 2.22.